The molecule has 7 N–H and O–H groups in total. The second-order valence-corrected chi connectivity index (χ2v) is 11.5. The van der Waals surface area contributed by atoms with E-state index < -0.39 is 39.0 Å². The number of aliphatic hydroxyl groups is 2. The van der Waals surface area contributed by atoms with E-state index in [1.807, 2.05) is 17.0 Å². The SMILES string of the molecule is Cc1ncc(C[n+]2csc(CCOP(=O)(O)O[C@H]3[C@@H](O)[C@H](n4cnc5c(N)ncnc54)O[C@@H]3CO)c2C)c(N)n1.[Cl-]. The van der Waals surface area contributed by atoms with Gasteiger partial charge in [-0.15, -0.1) is 0 Å². The molecule has 1 aliphatic heterocycles. The molecule has 0 saturated carbocycles. The Morgan fingerprint density at radius 3 is 2.73 bits per heavy atom. The maximum atomic E-state index is 12.8. The van der Waals surface area contributed by atoms with Gasteiger partial charge in [0, 0.05) is 19.5 Å². The largest absolute Gasteiger partial charge is 1.00 e. The van der Waals surface area contributed by atoms with Crippen molar-refractivity contribution in [2.24, 2.45) is 0 Å². The number of rotatable bonds is 10. The topological polar surface area (TPSA) is 231 Å². The maximum Gasteiger partial charge on any atom is 0.472 e. The summed E-state index contributed by atoms with van der Waals surface area (Å²) in [5.74, 6) is 1.14. The molecule has 0 spiro atoms. The fourth-order valence-corrected chi connectivity index (χ4v) is 6.31. The highest BCUT2D eigenvalue weighted by Crippen LogP contribution is 2.48. The van der Waals surface area contributed by atoms with E-state index in [0.29, 0.717) is 30.1 Å². The van der Waals surface area contributed by atoms with Crippen molar-refractivity contribution in [1.82, 2.24) is 29.5 Å². The predicted molar refractivity (Wildman–Crippen MR) is 141 cm³/mol. The lowest BCUT2D eigenvalue weighted by molar-refractivity contribution is -0.689. The standard InChI is InChI=1S/C22H28N9O7PS.ClH/c1-11-15(40-10-30(11)6-13-5-25-12(2)29-19(13)23)3-4-36-39(34,35)38-18-14(7-32)37-22(17(18)33)31-9-28-16-20(24)26-8-27-21(16)31;/h5,8-10,14,17-18,22,32-33H,3-4,6-7H2,1-2H3,(H4-,23,24,25,26,27,29,34,35);1H/t14-,17-,18-,22-;/m1./s1. The van der Waals surface area contributed by atoms with Crippen LogP contribution in [0.3, 0.4) is 0 Å². The summed E-state index contributed by atoms with van der Waals surface area (Å²) >= 11 is 1.46. The zero-order valence-electron chi connectivity index (χ0n) is 21.9. The number of thiazole rings is 1. The molecule has 5 heterocycles. The number of phosphoric acid groups is 1. The van der Waals surface area contributed by atoms with Crippen LogP contribution in [0, 0.1) is 13.8 Å². The fraction of sp³-hybridized carbons (Fsp3) is 0.455. The number of aromatic nitrogens is 7. The van der Waals surface area contributed by atoms with Gasteiger partial charge in [0.05, 0.1) is 30.0 Å². The van der Waals surface area contributed by atoms with Crippen LogP contribution in [0.25, 0.3) is 11.2 Å². The fourth-order valence-electron chi connectivity index (χ4n) is 4.39. The Balaban J connectivity index is 0.00000387. The van der Waals surface area contributed by atoms with E-state index in [9.17, 15) is 19.7 Å². The molecule has 0 bridgehead atoms. The van der Waals surface area contributed by atoms with Gasteiger partial charge in [-0.2, -0.15) is 4.57 Å². The van der Waals surface area contributed by atoms with E-state index in [1.54, 1.807) is 13.1 Å². The smallest absolute Gasteiger partial charge is 0.472 e. The molecule has 4 aromatic rings. The van der Waals surface area contributed by atoms with Crippen LogP contribution in [0.2, 0.25) is 0 Å². The lowest BCUT2D eigenvalue weighted by Gasteiger charge is -2.22. The van der Waals surface area contributed by atoms with E-state index in [-0.39, 0.29) is 30.5 Å². The van der Waals surface area contributed by atoms with Crippen molar-refractivity contribution in [2.45, 2.75) is 51.4 Å². The third kappa shape index (κ3) is 6.48. The number of phosphoric ester groups is 1. The van der Waals surface area contributed by atoms with Gasteiger partial charge in [-0.3, -0.25) is 13.6 Å². The van der Waals surface area contributed by atoms with Crippen LogP contribution < -0.4 is 28.4 Å². The van der Waals surface area contributed by atoms with Crippen molar-refractivity contribution in [3.8, 4) is 0 Å². The number of nitrogens with two attached hydrogens (primary N) is 2. The van der Waals surface area contributed by atoms with Gasteiger partial charge in [-0.1, -0.05) is 11.3 Å². The predicted octanol–water partition coefficient (Wildman–Crippen LogP) is -3.21. The third-order valence-corrected chi connectivity index (χ3v) is 8.67. The lowest BCUT2D eigenvalue weighted by atomic mass is 10.1. The molecule has 0 radical (unpaired) electrons. The molecular weight excluding hydrogens is 601 g/mol. The molecule has 5 rings (SSSR count). The summed E-state index contributed by atoms with van der Waals surface area (Å²) in [6.45, 7) is 3.44. The van der Waals surface area contributed by atoms with Crippen LogP contribution in [0.1, 0.15) is 28.2 Å². The zero-order chi connectivity index (χ0) is 28.6. The Kier molecular flexibility index (Phi) is 9.52. The minimum atomic E-state index is -4.66. The monoisotopic (exact) mass is 629 g/mol. The van der Waals surface area contributed by atoms with E-state index in [0.717, 1.165) is 16.1 Å². The first-order valence-corrected chi connectivity index (χ1v) is 14.5. The number of anilines is 2. The number of nitrogen functional groups attached to an aromatic ring is 2. The number of imidazole rings is 1. The number of fused-ring (bicyclic) bond motifs is 1. The number of ether oxygens (including phenoxy) is 1. The van der Waals surface area contributed by atoms with Crippen molar-refractivity contribution in [3.63, 3.8) is 0 Å². The number of halogens is 1. The average Bonchev–Trinajstić information content (AvgIpc) is 3.58. The van der Waals surface area contributed by atoms with Crippen LogP contribution in [0.5, 0.6) is 0 Å². The van der Waals surface area contributed by atoms with Crippen LogP contribution in [-0.4, -0.2) is 76.1 Å². The summed E-state index contributed by atoms with van der Waals surface area (Å²) in [5, 5.41) is 20.7. The molecule has 1 aliphatic rings. The number of nitrogens with zero attached hydrogens (tertiary/aromatic N) is 7. The van der Waals surface area contributed by atoms with Crippen molar-refractivity contribution in [1.29, 1.82) is 0 Å². The highest BCUT2D eigenvalue weighted by molar-refractivity contribution is 7.47. The highest BCUT2D eigenvalue weighted by atomic mass is 35.5. The molecular formula is C22H29ClN9O7PS. The van der Waals surface area contributed by atoms with Gasteiger partial charge in [0.25, 0.3) is 0 Å². The van der Waals surface area contributed by atoms with Gasteiger partial charge in [-0.05, 0) is 6.92 Å². The minimum absolute atomic E-state index is 0. The first-order chi connectivity index (χ1) is 19.1. The van der Waals surface area contributed by atoms with Gasteiger partial charge >= 0.3 is 7.82 Å². The van der Waals surface area contributed by atoms with E-state index >= 15 is 0 Å². The van der Waals surface area contributed by atoms with E-state index in [2.05, 4.69) is 24.9 Å². The number of aryl methyl sites for hydroxylation is 1. The lowest BCUT2D eigenvalue weighted by Crippen LogP contribution is -3.00. The Morgan fingerprint density at radius 1 is 1.22 bits per heavy atom. The average molecular weight is 630 g/mol. The minimum Gasteiger partial charge on any atom is -1.00 e. The molecule has 4 aromatic heterocycles. The van der Waals surface area contributed by atoms with Crippen LogP contribution >= 0.6 is 19.2 Å². The number of hydrogen-bond acceptors (Lipinski definition) is 14. The molecule has 5 atom stereocenters. The van der Waals surface area contributed by atoms with Gasteiger partial charge in [0.15, 0.2) is 29.9 Å². The van der Waals surface area contributed by atoms with Gasteiger partial charge in [0.2, 0.25) is 5.51 Å². The van der Waals surface area contributed by atoms with Gasteiger partial charge in [-0.25, -0.2) is 29.5 Å². The highest BCUT2D eigenvalue weighted by Gasteiger charge is 2.49. The van der Waals surface area contributed by atoms with Crippen LogP contribution in [0.4, 0.5) is 11.6 Å². The Bertz CT molecular complexity index is 1570. The first-order valence-electron chi connectivity index (χ1n) is 12.2. The van der Waals surface area contributed by atoms with Crippen molar-refractivity contribution >= 4 is 42.0 Å². The summed E-state index contributed by atoms with van der Waals surface area (Å²) in [4.78, 5) is 31.8. The molecule has 222 valence electrons. The Labute approximate surface area is 244 Å². The maximum absolute atomic E-state index is 12.8. The second-order valence-electron chi connectivity index (χ2n) is 9.13. The molecule has 1 unspecified atom stereocenters. The summed E-state index contributed by atoms with van der Waals surface area (Å²) in [7, 11) is -4.66. The quantitative estimate of drug-likeness (QED) is 0.0859. The molecule has 41 heavy (non-hydrogen) atoms. The van der Waals surface area contributed by atoms with Crippen LogP contribution in [-0.2, 0) is 31.3 Å². The van der Waals surface area contributed by atoms with Gasteiger partial charge < -0.3 is 43.7 Å². The first kappa shape index (κ1) is 31.1. The zero-order valence-corrected chi connectivity index (χ0v) is 24.4. The van der Waals surface area contributed by atoms with Crippen molar-refractivity contribution < 1.29 is 50.4 Å². The summed E-state index contributed by atoms with van der Waals surface area (Å²) in [6, 6.07) is 0. The Hall–Kier alpha value is -2.86. The van der Waals surface area contributed by atoms with Crippen molar-refractivity contribution in [3.05, 3.63) is 46.3 Å². The normalized spacial score (nSPS) is 22.1. The number of aliphatic hydroxyl groups excluding tert-OH is 2. The molecule has 1 fully saturated rings. The van der Waals surface area contributed by atoms with Crippen molar-refractivity contribution in [2.75, 3.05) is 24.7 Å². The van der Waals surface area contributed by atoms with Gasteiger partial charge in [0.1, 0.15) is 41.8 Å². The molecule has 16 nitrogen and oxygen atoms in total. The summed E-state index contributed by atoms with van der Waals surface area (Å²) in [6.07, 6.45) is -0.514. The molecule has 19 heteroatoms. The molecule has 0 amide bonds. The third-order valence-electron chi connectivity index (χ3n) is 6.50. The van der Waals surface area contributed by atoms with E-state index in [1.165, 1.54) is 28.6 Å². The summed E-state index contributed by atoms with van der Waals surface area (Å²) < 4.78 is 32.4. The van der Waals surface area contributed by atoms with E-state index in [4.69, 9.17) is 25.3 Å². The number of hydrogen-bond donors (Lipinski definition) is 5. The Morgan fingerprint density at radius 2 is 2.00 bits per heavy atom. The summed E-state index contributed by atoms with van der Waals surface area (Å²) in [5.41, 5.74) is 16.0. The van der Waals surface area contributed by atoms with Crippen LogP contribution in [0.15, 0.2) is 24.4 Å². The molecule has 0 aromatic carbocycles. The second kappa shape index (κ2) is 12.6. The molecule has 1 saturated heterocycles. The molecule has 0 aliphatic carbocycles.